The minimum atomic E-state index is -4.10. The Labute approximate surface area is 172 Å². The number of fused-ring (bicyclic) bond motifs is 1. The smallest absolute Gasteiger partial charge is 0.256 e. The van der Waals surface area contributed by atoms with Gasteiger partial charge in [-0.05, 0) is 30.3 Å². The Morgan fingerprint density at radius 2 is 1.55 bits per heavy atom. The summed E-state index contributed by atoms with van der Waals surface area (Å²) in [6, 6.07) is 7.53. The van der Waals surface area contributed by atoms with E-state index in [0.717, 1.165) is 48.7 Å². The molecule has 0 saturated carbocycles. The van der Waals surface area contributed by atoms with Gasteiger partial charge in [0.1, 0.15) is 29.0 Å². The molecule has 4 rings (SSSR count). The lowest BCUT2D eigenvalue weighted by molar-refractivity contribution is 0.568. The van der Waals surface area contributed by atoms with Gasteiger partial charge in [-0.3, -0.25) is 9.36 Å². The summed E-state index contributed by atoms with van der Waals surface area (Å²) in [4.78, 5) is 20.3. The highest BCUT2D eigenvalue weighted by molar-refractivity contribution is 7.90. The summed E-state index contributed by atoms with van der Waals surface area (Å²) >= 11 is 0. The number of hydrogen-bond acceptors (Lipinski definition) is 5. The van der Waals surface area contributed by atoms with Crippen molar-refractivity contribution < 1.29 is 26.0 Å². The van der Waals surface area contributed by atoms with Gasteiger partial charge in [0.15, 0.2) is 5.65 Å². The van der Waals surface area contributed by atoms with Crippen LogP contribution in [-0.4, -0.2) is 29.2 Å². The number of halogens is 4. The van der Waals surface area contributed by atoms with Crippen molar-refractivity contribution in [3.8, 4) is 16.9 Å². The first-order valence-electron chi connectivity index (χ1n) is 8.61. The lowest BCUT2D eigenvalue weighted by Crippen LogP contribution is -2.22. The number of nitrogens with zero attached hydrogens (tertiary/aromatic N) is 3. The SMILES string of the molecule is CS(=O)(=O)c1nc(-c2ccc(F)cc2F)c2ccc(=O)n(-c3c(F)cccc3F)c2n1. The van der Waals surface area contributed by atoms with Gasteiger partial charge < -0.3 is 0 Å². The van der Waals surface area contributed by atoms with Crippen LogP contribution in [0.1, 0.15) is 0 Å². The van der Waals surface area contributed by atoms with Gasteiger partial charge in [0.05, 0.1) is 5.69 Å². The molecule has 0 fully saturated rings. The number of para-hydroxylation sites is 1. The maximum atomic E-state index is 14.5. The number of rotatable bonds is 3. The van der Waals surface area contributed by atoms with Crippen molar-refractivity contribution in [1.29, 1.82) is 0 Å². The van der Waals surface area contributed by atoms with Crippen molar-refractivity contribution in [2.75, 3.05) is 6.26 Å². The van der Waals surface area contributed by atoms with Crippen molar-refractivity contribution in [2.24, 2.45) is 0 Å². The summed E-state index contributed by atoms with van der Waals surface area (Å²) < 4.78 is 81.6. The third-order valence-corrected chi connectivity index (χ3v) is 5.25. The van der Waals surface area contributed by atoms with Crippen LogP contribution in [0.15, 0.2) is 58.5 Å². The van der Waals surface area contributed by atoms with Crippen LogP contribution in [0.25, 0.3) is 28.0 Å². The highest BCUT2D eigenvalue weighted by Crippen LogP contribution is 2.30. The molecular weight excluding hydrogens is 438 g/mol. The minimum absolute atomic E-state index is 0.0832. The Kier molecular flexibility index (Phi) is 4.85. The number of pyridine rings is 1. The molecule has 2 heterocycles. The van der Waals surface area contributed by atoms with Crippen LogP contribution < -0.4 is 5.56 Å². The molecule has 0 bridgehead atoms. The van der Waals surface area contributed by atoms with E-state index in [4.69, 9.17) is 0 Å². The quantitative estimate of drug-likeness (QED) is 0.354. The van der Waals surface area contributed by atoms with E-state index < -0.39 is 55.2 Å². The van der Waals surface area contributed by atoms with Crippen LogP contribution in [-0.2, 0) is 9.84 Å². The highest BCUT2D eigenvalue weighted by Gasteiger charge is 2.23. The Morgan fingerprint density at radius 1 is 0.871 bits per heavy atom. The standard InChI is InChI=1S/C20H11F4N3O3S/c1-31(29,30)20-25-17(11-6-5-10(21)9-15(11)24)12-7-8-16(28)27(19(12)26-20)18-13(22)3-2-4-14(18)23/h2-9H,1H3. The van der Waals surface area contributed by atoms with E-state index in [9.17, 15) is 30.8 Å². The molecule has 0 spiro atoms. The molecule has 0 amide bonds. The monoisotopic (exact) mass is 449 g/mol. The van der Waals surface area contributed by atoms with E-state index in [1.165, 1.54) is 0 Å². The van der Waals surface area contributed by atoms with E-state index in [2.05, 4.69) is 9.97 Å². The fourth-order valence-electron chi connectivity index (χ4n) is 3.07. The predicted molar refractivity (Wildman–Crippen MR) is 104 cm³/mol. The van der Waals surface area contributed by atoms with Crippen molar-refractivity contribution >= 4 is 20.9 Å². The first-order valence-corrected chi connectivity index (χ1v) is 10.5. The molecule has 6 nitrogen and oxygen atoms in total. The molecule has 158 valence electrons. The molecule has 0 radical (unpaired) electrons. The zero-order valence-corrected chi connectivity index (χ0v) is 16.4. The van der Waals surface area contributed by atoms with Gasteiger partial charge >= 0.3 is 0 Å². The van der Waals surface area contributed by atoms with E-state index in [-0.39, 0.29) is 16.6 Å². The Hall–Kier alpha value is -3.60. The summed E-state index contributed by atoms with van der Waals surface area (Å²) in [6.45, 7) is 0. The predicted octanol–water partition coefficient (Wildman–Crippen LogP) is 3.41. The number of sulfone groups is 1. The van der Waals surface area contributed by atoms with Gasteiger partial charge in [0, 0.05) is 29.3 Å². The summed E-state index contributed by atoms with van der Waals surface area (Å²) in [6.07, 6.45) is 0.772. The molecule has 0 unspecified atom stereocenters. The molecule has 2 aromatic carbocycles. The van der Waals surface area contributed by atoms with Gasteiger partial charge in [-0.2, -0.15) is 4.98 Å². The summed E-state index contributed by atoms with van der Waals surface area (Å²) in [5.74, 6) is -4.16. The van der Waals surface area contributed by atoms with Gasteiger partial charge in [0.25, 0.3) is 5.56 Å². The molecule has 0 aliphatic rings. The maximum absolute atomic E-state index is 14.5. The zero-order valence-electron chi connectivity index (χ0n) is 15.6. The molecule has 11 heteroatoms. The van der Waals surface area contributed by atoms with E-state index in [1.54, 1.807) is 0 Å². The molecule has 0 atom stereocenters. The molecule has 0 N–H and O–H groups in total. The molecule has 31 heavy (non-hydrogen) atoms. The van der Waals surface area contributed by atoms with Crippen molar-refractivity contribution in [3.05, 3.63) is 82.2 Å². The van der Waals surface area contributed by atoms with Gasteiger partial charge in [-0.25, -0.2) is 31.0 Å². The lowest BCUT2D eigenvalue weighted by Gasteiger charge is -2.14. The Bertz CT molecular complexity index is 1510. The fourth-order valence-corrected chi connectivity index (χ4v) is 3.58. The Morgan fingerprint density at radius 3 is 2.16 bits per heavy atom. The van der Waals surface area contributed by atoms with E-state index >= 15 is 0 Å². The van der Waals surface area contributed by atoms with E-state index in [0.29, 0.717) is 10.6 Å². The van der Waals surface area contributed by atoms with Crippen LogP contribution in [0.4, 0.5) is 17.6 Å². The minimum Gasteiger partial charge on any atom is -0.269 e. The van der Waals surface area contributed by atoms with Gasteiger partial charge in [-0.15, -0.1) is 0 Å². The normalized spacial score (nSPS) is 11.8. The second kappa shape index (κ2) is 7.27. The van der Waals surface area contributed by atoms with Gasteiger partial charge in [-0.1, -0.05) is 6.07 Å². The average Bonchev–Trinajstić information content (AvgIpc) is 2.68. The number of benzene rings is 2. The maximum Gasteiger partial charge on any atom is 0.256 e. The lowest BCUT2D eigenvalue weighted by atomic mass is 10.1. The van der Waals surface area contributed by atoms with Crippen LogP contribution >= 0.6 is 0 Å². The molecular formula is C20H11F4N3O3S. The Balaban J connectivity index is 2.23. The van der Waals surface area contributed by atoms with Crippen LogP contribution in [0.5, 0.6) is 0 Å². The summed E-state index contributed by atoms with van der Waals surface area (Å²) in [7, 11) is -4.10. The molecule has 4 aromatic rings. The fraction of sp³-hybridized carbons (Fsp3) is 0.0500. The summed E-state index contributed by atoms with van der Waals surface area (Å²) in [5, 5.41) is -0.894. The van der Waals surface area contributed by atoms with Crippen molar-refractivity contribution in [1.82, 2.24) is 14.5 Å². The largest absolute Gasteiger partial charge is 0.269 e. The average molecular weight is 449 g/mol. The van der Waals surface area contributed by atoms with E-state index in [1.807, 2.05) is 0 Å². The van der Waals surface area contributed by atoms with Crippen LogP contribution in [0.3, 0.4) is 0 Å². The molecule has 0 aliphatic heterocycles. The van der Waals surface area contributed by atoms with Gasteiger partial charge in [0.2, 0.25) is 15.0 Å². The zero-order chi connectivity index (χ0) is 22.5. The van der Waals surface area contributed by atoms with Crippen molar-refractivity contribution in [2.45, 2.75) is 5.16 Å². The van der Waals surface area contributed by atoms with Crippen molar-refractivity contribution in [3.63, 3.8) is 0 Å². The third-order valence-electron chi connectivity index (χ3n) is 4.41. The second-order valence-corrected chi connectivity index (χ2v) is 8.48. The molecule has 0 aliphatic carbocycles. The summed E-state index contributed by atoms with van der Waals surface area (Å²) in [5.41, 5.74) is -2.76. The molecule has 2 aromatic heterocycles. The van der Waals surface area contributed by atoms with Crippen LogP contribution in [0, 0.1) is 23.3 Å². The number of aromatic nitrogens is 3. The van der Waals surface area contributed by atoms with Crippen LogP contribution in [0.2, 0.25) is 0 Å². The highest BCUT2D eigenvalue weighted by atomic mass is 32.2. The first kappa shape index (κ1) is 20.7. The second-order valence-electron chi connectivity index (χ2n) is 6.57. The topological polar surface area (TPSA) is 81.9 Å². The molecule has 0 saturated heterocycles. The third kappa shape index (κ3) is 3.56. The number of hydrogen-bond donors (Lipinski definition) is 0. The first-order chi connectivity index (χ1) is 14.6.